The lowest BCUT2D eigenvalue weighted by Gasteiger charge is -2.35. The second-order valence-electron chi connectivity index (χ2n) is 7.34. The smallest absolute Gasteiger partial charge is 0.269 e. The number of aromatic nitrogens is 2. The molecule has 1 N–H and O–H groups in total. The summed E-state index contributed by atoms with van der Waals surface area (Å²) in [6.07, 6.45) is 3.06. The molecule has 0 spiro atoms. The molecule has 0 saturated carbocycles. The zero-order chi connectivity index (χ0) is 22.5. The molecular weight excluding hydrogens is 434 g/mol. The first kappa shape index (κ1) is 21.9. The molecule has 1 saturated heterocycles. The van der Waals surface area contributed by atoms with E-state index in [4.69, 9.17) is 16.3 Å². The largest absolute Gasteiger partial charge is 0.379 e. The summed E-state index contributed by atoms with van der Waals surface area (Å²) in [6, 6.07) is 13.5. The molecule has 1 aliphatic rings. The standard InChI is InChI=1S/C22H22ClN5O4/c23-20-4-2-1-3-19(20)21(26-9-11-32-12-10-26)14-24-22(29)16-13-25-27(15-16)17-5-7-18(8-6-17)28(30)31/h1-8,13,15,21H,9-12,14H2,(H,24,29). The van der Waals surface area contributed by atoms with Gasteiger partial charge in [0.05, 0.1) is 41.6 Å². The number of hydrogen-bond acceptors (Lipinski definition) is 6. The Morgan fingerprint density at radius 1 is 1.19 bits per heavy atom. The first-order valence-corrected chi connectivity index (χ1v) is 10.5. The van der Waals surface area contributed by atoms with Gasteiger partial charge in [-0.3, -0.25) is 19.8 Å². The van der Waals surface area contributed by atoms with Gasteiger partial charge in [-0.1, -0.05) is 29.8 Å². The number of halogens is 1. The monoisotopic (exact) mass is 455 g/mol. The van der Waals surface area contributed by atoms with E-state index in [-0.39, 0.29) is 17.6 Å². The van der Waals surface area contributed by atoms with Crippen LogP contribution in [0.4, 0.5) is 5.69 Å². The average molecular weight is 456 g/mol. The van der Waals surface area contributed by atoms with Gasteiger partial charge >= 0.3 is 0 Å². The lowest BCUT2D eigenvalue weighted by molar-refractivity contribution is -0.384. The summed E-state index contributed by atoms with van der Waals surface area (Å²) in [7, 11) is 0. The molecule has 3 aromatic rings. The number of hydrogen-bond donors (Lipinski definition) is 1. The van der Waals surface area contributed by atoms with Crippen LogP contribution in [0.25, 0.3) is 5.69 Å². The summed E-state index contributed by atoms with van der Waals surface area (Å²) in [4.78, 5) is 25.4. The number of nitro benzene ring substituents is 1. The quantitative estimate of drug-likeness (QED) is 0.433. The number of non-ortho nitro benzene ring substituents is 1. The Morgan fingerprint density at radius 2 is 1.91 bits per heavy atom. The fourth-order valence-electron chi connectivity index (χ4n) is 3.67. The van der Waals surface area contributed by atoms with E-state index >= 15 is 0 Å². The van der Waals surface area contributed by atoms with Crippen LogP contribution in [0, 0.1) is 10.1 Å². The highest BCUT2D eigenvalue weighted by Gasteiger charge is 2.25. The lowest BCUT2D eigenvalue weighted by Crippen LogP contribution is -2.43. The van der Waals surface area contributed by atoms with Gasteiger partial charge in [-0.2, -0.15) is 5.10 Å². The Morgan fingerprint density at radius 3 is 2.59 bits per heavy atom. The number of ether oxygens (including phenoxy) is 1. The Kier molecular flexibility index (Phi) is 6.79. The third-order valence-corrected chi connectivity index (χ3v) is 5.72. The lowest BCUT2D eigenvalue weighted by atomic mass is 10.0. The molecule has 2 heterocycles. The summed E-state index contributed by atoms with van der Waals surface area (Å²) in [5, 5.41) is 18.7. The van der Waals surface area contributed by atoms with E-state index in [0.29, 0.717) is 36.0 Å². The van der Waals surface area contributed by atoms with Crippen molar-refractivity contribution >= 4 is 23.2 Å². The number of amides is 1. The zero-order valence-electron chi connectivity index (χ0n) is 17.2. The molecule has 1 fully saturated rings. The highest BCUT2D eigenvalue weighted by molar-refractivity contribution is 6.31. The highest BCUT2D eigenvalue weighted by Crippen LogP contribution is 2.28. The van der Waals surface area contributed by atoms with E-state index in [2.05, 4.69) is 15.3 Å². The van der Waals surface area contributed by atoms with Gasteiger partial charge in [0.15, 0.2) is 0 Å². The second-order valence-corrected chi connectivity index (χ2v) is 7.75. The molecule has 166 valence electrons. The number of nitro groups is 1. The minimum Gasteiger partial charge on any atom is -0.379 e. The van der Waals surface area contributed by atoms with Gasteiger partial charge in [-0.15, -0.1) is 0 Å². The molecular formula is C22H22ClN5O4. The minimum absolute atomic E-state index is 0.00685. The van der Waals surface area contributed by atoms with Crippen LogP contribution in [-0.4, -0.2) is 58.4 Å². The number of benzene rings is 2. The van der Waals surface area contributed by atoms with Crippen LogP contribution in [0.2, 0.25) is 5.02 Å². The predicted octanol–water partition coefficient (Wildman–Crippen LogP) is 3.24. The number of rotatable bonds is 7. The Hall–Kier alpha value is -3.27. The van der Waals surface area contributed by atoms with Crippen molar-refractivity contribution in [2.45, 2.75) is 6.04 Å². The topological polar surface area (TPSA) is 103 Å². The number of nitrogens with zero attached hydrogens (tertiary/aromatic N) is 4. The van der Waals surface area contributed by atoms with Gasteiger partial charge in [0.1, 0.15) is 0 Å². The normalized spacial score (nSPS) is 15.3. The maximum atomic E-state index is 12.8. The van der Waals surface area contributed by atoms with E-state index in [1.54, 1.807) is 18.3 Å². The van der Waals surface area contributed by atoms with Crippen LogP contribution >= 0.6 is 11.6 Å². The Bertz CT molecular complexity index is 1100. The molecule has 9 nitrogen and oxygen atoms in total. The van der Waals surface area contributed by atoms with Gasteiger partial charge in [-0.05, 0) is 23.8 Å². The first-order chi connectivity index (χ1) is 15.5. The zero-order valence-corrected chi connectivity index (χ0v) is 17.9. The molecule has 4 rings (SSSR count). The molecule has 1 aromatic heterocycles. The van der Waals surface area contributed by atoms with E-state index in [0.717, 1.165) is 18.7 Å². The second kappa shape index (κ2) is 9.90. The van der Waals surface area contributed by atoms with Crippen LogP contribution in [-0.2, 0) is 4.74 Å². The molecule has 1 aliphatic heterocycles. The predicted molar refractivity (Wildman–Crippen MR) is 119 cm³/mol. The Labute approximate surface area is 189 Å². The molecule has 0 radical (unpaired) electrons. The van der Waals surface area contributed by atoms with Crippen molar-refractivity contribution in [1.82, 2.24) is 20.0 Å². The van der Waals surface area contributed by atoms with E-state index in [1.807, 2.05) is 24.3 Å². The first-order valence-electron chi connectivity index (χ1n) is 10.2. The van der Waals surface area contributed by atoms with E-state index < -0.39 is 4.92 Å². The summed E-state index contributed by atoms with van der Waals surface area (Å²) in [6.45, 7) is 3.16. The van der Waals surface area contributed by atoms with Gasteiger partial charge in [0.25, 0.3) is 11.6 Å². The van der Waals surface area contributed by atoms with Crippen molar-refractivity contribution in [3.05, 3.63) is 87.2 Å². The van der Waals surface area contributed by atoms with Crippen molar-refractivity contribution in [3.8, 4) is 5.69 Å². The molecule has 0 bridgehead atoms. The SMILES string of the molecule is O=C(NCC(c1ccccc1Cl)N1CCOCC1)c1cnn(-c2ccc([N+](=O)[O-])cc2)c1. The molecule has 32 heavy (non-hydrogen) atoms. The molecule has 1 atom stereocenters. The van der Waals surface area contributed by atoms with Crippen molar-refractivity contribution in [2.24, 2.45) is 0 Å². The third-order valence-electron chi connectivity index (χ3n) is 5.38. The molecule has 1 unspecified atom stereocenters. The van der Waals surface area contributed by atoms with Gasteiger partial charge in [0.2, 0.25) is 0 Å². The minimum atomic E-state index is -0.463. The summed E-state index contributed by atoms with van der Waals surface area (Å²) < 4.78 is 6.97. The molecule has 10 heteroatoms. The van der Waals surface area contributed by atoms with Crippen LogP contribution in [0.5, 0.6) is 0 Å². The Balaban J connectivity index is 1.46. The van der Waals surface area contributed by atoms with Crippen molar-refractivity contribution in [3.63, 3.8) is 0 Å². The summed E-state index contributed by atoms with van der Waals surface area (Å²) in [5.41, 5.74) is 1.96. The molecule has 0 aliphatic carbocycles. The van der Waals surface area contributed by atoms with Gasteiger partial charge in [-0.25, -0.2) is 4.68 Å². The van der Waals surface area contributed by atoms with Crippen LogP contribution < -0.4 is 5.32 Å². The summed E-state index contributed by atoms with van der Waals surface area (Å²) in [5.74, 6) is -0.261. The van der Waals surface area contributed by atoms with E-state index in [1.165, 1.54) is 23.0 Å². The van der Waals surface area contributed by atoms with Gasteiger partial charge in [0, 0.05) is 43.0 Å². The highest BCUT2D eigenvalue weighted by atomic mass is 35.5. The number of nitrogens with one attached hydrogen (secondary N) is 1. The maximum Gasteiger partial charge on any atom is 0.269 e. The van der Waals surface area contributed by atoms with Crippen molar-refractivity contribution < 1.29 is 14.5 Å². The van der Waals surface area contributed by atoms with Crippen molar-refractivity contribution in [1.29, 1.82) is 0 Å². The third kappa shape index (κ3) is 4.96. The van der Waals surface area contributed by atoms with Crippen molar-refractivity contribution in [2.75, 3.05) is 32.8 Å². The maximum absolute atomic E-state index is 12.8. The summed E-state index contributed by atoms with van der Waals surface area (Å²) >= 11 is 6.45. The average Bonchev–Trinajstić information content (AvgIpc) is 3.31. The fourth-order valence-corrected chi connectivity index (χ4v) is 3.93. The fraction of sp³-hybridized carbons (Fsp3) is 0.273. The molecule has 1 amide bonds. The van der Waals surface area contributed by atoms with Gasteiger partial charge < -0.3 is 10.1 Å². The van der Waals surface area contributed by atoms with Crippen LogP contribution in [0.15, 0.2) is 60.9 Å². The van der Waals surface area contributed by atoms with E-state index in [9.17, 15) is 14.9 Å². The van der Waals surface area contributed by atoms with Crippen LogP contribution in [0.3, 0.4) is 0 Å². The van der Waals surface area contributed by atoms with Crippen LogP contribution in [0.1, 0.15) is 22.0 Å². The number of carbonyl (C=O) groups excluding carboxylic acids is 1. The number of carbonyl (C=O) groups is 1. The number of morpholine rings is 1. The molecule has 2 aromatic carbocycles.